The van der Waals surface area contributed by atoms with Crippen LogP contribution >= 0.6 is 11.3 Å². The molecule has 234 valence electrons. The Hall–Kier alpha value is -6.43. The highest BCUT2D eigenvalue weighted by Crippen LogP contribution is 2.41. The van der Waals surface area contributed by atoms with Gasteiger partial charge in [-0.25, -0.2) is 15.0 Å². The molecule has 7 aromatic carbocycles. The Balaban J connectivity index is 1.10. The first kappa shape index (κ1) is 28.6. The first-order valence-corrected chi connectivity index (χ1v) is 17.5. The van der Waals surface area contributed by atoms with Crippen molar-refractivity contribution in [3.63, 3.8) is 0 Å². The molecule has 50 heavy (non-hydrogen) atoms. The number of para-hydroxylation sites is 3. The maximum atomic E-state index is 4.97. The predicted molar refractivity (Wildman–Crippen MR) is 209 cm³/mol. The molecule has 0 fully saturated rings. The standard InChI is InChI=1S/C45H28N4S/c1-3-13-29(14-4-1)43-46-44(30-15-5-2-6-16-30)48-45(47-43)32-24-26-37-36-25-23-31(27-41(36)50-42(37)28-32)33-17-7-10-20-38(33)49-39-21-11-8-18-34(39)35-19-9-12-22-40(35)49/h1-28H. The van der Waals surface area contributed by atoms with Crippen LogP contribution in [-0.2, 0) is 0 Å². The van der Waals surface area contributed by atoms with E-state index in [9.17, 15) is 0 Å². The second kappa shape index (κ2) is 11.6. The summed E-state index contributed by atoms with van der Waals surface area (Å²) in [4.78, 5) is 14.8. The van der Waals surface area contributed by atoms with E-state index in [1.54, 1.807) is 0 Å². The van der Waals surface area contributed by atoms with Crippen LogP contribution in [0.5, 0.6) is 0 Å². The van der Waals surface area contributed by atoms with Gasteiger partial charge in [0.05, 0.1) is 16.7 Å². The van der Waals surface area contributed by atoms with Crippen molar-refractivity contribution < 1.29 is 0 Å². The highest BCUT2D eigenvalue weighted by molar-refractivity contribution is 7.25. The minimum Gasteiger partial charge on any atom is -0.309 e. The first-order valence-electron chi connectivity index (χ1n) is 16.7. The third kappa shape index (κ3) is 4.71. The molecule has 0 spiro atoms. The van der Waals surface area contributed by atoms with E-state index in [1.807, 2.05) is 72.0 Å². The van der Waals surface area contributed by atoms with Crippen LogP contribution < -0.4 is 0 Å². The maximum absolute atomic E-state index is 4.97. The second-order valence-electron chi connectivity index (χ2n) is 12.4. The topological polar surface area (TPSA) is 43.6 Å². The molecule has 5 heteroatoms. The van der Waals surface area contributed by atoms with Crippen molar-refractivity contribution in [2.24, 2.45) is 0 Å². The molecule has 0 unspecified atom stereocenters. The van der Waals surface area contributed by atoms with Crippen molar-refractivity contribution in [1.82, 2.24) is 19.5 Å². The molecule has 0 aliphatic heterocycles. The fourth-order valence-corrected chi connectivity index (χ4v) is 8.30. The molecule has 0 saturated heterocycles. The smallest absolute Gasteiger partial charge is 0.164 e. The van der Waals surface area contributed by atoms with Gasteiger partial charge in [0.2, 0.25) is 0 Å². The molecule has 0 saturated carbocycles. The quantitative estimate of drug-likeness (QED) is 0.185. The summed E-state index contributed by atoms with van der Waals surface area (Å²) in [5.41, 5.74) is 8.88. The molecule has 10 aromatic rings. The lowest BCUT2D eigenvalue weighted by molar-refractivity contribution is 1.07. The fourth-order valence-electron chi connectivity index (χ4n) is 7.12. The average molecular weight is 657 g/mol. The summed E-state index contributed by atoms with van der Waals surface area (Å²) in [6.45, 7) is 0. The largest absolute Gasteiger partial charge is 0.309 e. The summed E-state index contributed by atoms with van der Waals surface area (Å²) in [7, 11) is 0. The van der Waals surface area contributed by atoms with Crippen LogP contribution in [0, 0.1) is 0 Å². The van der Waals surface area contributed by atoms with Gasteiger partial charge in [-0.15, -0.1) is 11.3 Å². The minimum absolute atomic E-state index is 0.664. The van der Waals surface area contributed by atoms with E-state index < -0.39 is 0 Å². The summed E-state index contributed by atoms with van der Waals surface area (Å²) in [6.07, 6.45) is 0. The van der Waals surface area contributed by atoms with Gasteiger partial charge in [0, 0.05) is 53.2 Å². The molecule has 4 nitrogen and oxygen atoms in total. The van der Waals surface area contributed by atoms with Crippen LogP contribution in [0.1, 0.15) is 0 Å². The van der Waals surface area contributed by atoms with Gasteiger partial charge in [0.1, 0.15) is 0 Å². The molecule has 0 radical (unpaired) electrons. The Morgan fingerprint density at radius 3 is 1.42 bits per heavy atom. The van der Waals surface area contributed by atoms with Gasteiger partial charge in [-0.1, -0.05) is 140 Å². The number of hydrogen-bond acceptors (Lipinski definition) is 4. The van der Waals surface area contributed by atoms with Gasteiger partial charge >= 0.3 is 0 Å². The van der Waals surface area contributed by atoms with Gasteiger partial charge < -0.3 is 4.57 Å². The van der Waals surface area contributed by atoms with Crippen LogP contribution in [0.15, 0.2) is 170 Å². The Morgan fingerprint density at radius 1 is 0.360 bits per heavy atom. The van der Waals surface area contributed by atoms with Crippen LogP contribution in [0.3, 0.4) is 0 Å². The number of hydrogen-bond donors (Lipinski definition) is 0. The summed E-state index contributed by atoms with van der Waals surface area (Å²) in [5.74, 6) is 1.99. The molecule has 3 aromatic heterocycles. The highest BCUT2D eigenvalue weighted by Gasteiger charge is 2.17. The number of rotatable bonds is 5. The van der Waals surface area contributed by atoms with Crippen molar-refractivity contribution >= 4 is 53.3 Å². The van der Waals surface area contributed by atoms with Crippen LogP contribution in [0.4, 0.5) is 0 Å². The molecule has 3 heterocycles. The molecule has 0 N–H and O–H groups in total. The Labute approximate surface area is 292 Å². The summed E-state index contributed by atoms with van der Waals surface area (Å²) < 4.78 is 4.86. The molecule has 0 aliphatic carbocycles. The van der Waals surface area contributed by atoms with E-state index in [-0.39, 0.29) is 0 Å². The van der Waals surface area contributed by atoms with E-state index >= 15 is 0 Å². The molecule has 0 amide bonds. The Morgan fingerprint density at radius 2 is 0.820 bits per heavy atom. The lowest BCUT2D eigenvalue weighted by Crippen LogP contribution is -1.99. The van der Waals surface area contributed by atoms with Crippen molar-refractivity contribution in [3.8, 4) is 51.0 Å². The van der Waals surface area contributed by atoms with Gasteiger partial charge in [0.25, 0.3) is 0 Å². The zero-order valence-electron chi connectivity index (χ0n) is 26.9. The van der Waals surface area contributed by atoms with E-state index in [4.69, 9.17) is 15.0 Å². The normalized spacial score (nSPS) is 11.6. The SMILES string of the molecule is c1ccc(-c2nc(-c3ccccc3)nc(-c3ccc4c(c3)sc3cc(-c5ccccc5-n5c6ccccc6c6ccccc65)ccc34)n2)cc1. The number of nitrogens with zero attached hydrogens (tertiary/aromatic N) is 4. The summed E-state index contributed by atoms with van der Waals surface area (Å²) >= 11 is 1.81. The Kier molecular flexibility index (Phi) is 6.64. The number of thiophene rings is 1. The van der Waals surface area contributed by atoms with Crippen molar-refractivity contribution in [3.05, 3.63) is 170 Å². The van der Waals surface area contributed by atoms with E-state index in [1.165, 1.54) is 58.8 Å². The van der Waals surface area contributed by atoms with Gasteiger partial charge in [-0.3, -0.25) is 0 Å². The lowest BCUT2D eigenvalue weighted by atomic mass is 10.0. The Bertz CT molecular complexity index is 2760. The van der Waals surface area contributed by atoms with Gasteiger partial charge in [-0.2, -0.15) is 0 Å². The van der Waals surface area contributed by atoms with Crippen molar-refractivity contribution in [2.75, 3.05) is 0 Å². The van der Waals surface area contributed by atoms with Crippen LogP contribution in [0.2, 0.25) is 0 Å². The summed E-state index contributed by atoms with van der Waals surface area (Å²) in [5, 5.41) is 5.01. The molecule has 10 rings (SSSR count). The number of aromatic nitrogens is 4. The van der Waals surface area contributed by atoms with Crippen molar-refractivity contribution in [2.45, 2.75) is 0 Å². The number of fused-ring (bicyclic) bond motifs is 6. The zero-order chi connectivity index (χ0) is 33.0. The van der Waals surface area contributed by atoms with E-state index in [0.29, 0.717) is 17.5 Å². The summed E-state index contributed by atoms with van der Waals surface area (Å²) in [6, 6.07) is 59.8. The zero-order valence-corrected chi connectivity index (χ0v) is 27.7. The average Bonchev–Trinajstić information content (AvgIpc) is 3.73. The fraction of sp³-hybridized carbons (Fsp3) is 0. The predicted octanol–water partition coefficient (Wildman–Crippen LogP) is 12.0. The third-order valence-corrected chi connectivity index (χ3v) is 10.6. The molecule has 0 bridgehead atoms. The highest BCUT2D eigenvalue weighted by atomic mass is 32.1. The molecule has 0 atom stereocenters. The monoisotopic (exact) mass is 656 g/mol. The van der Waals surface area contributed by atoms with Gasteiger partial charge in [0.15, 0.2) is 17.5 Å². The van der Waals surface area contributed by atoms with Gasteiger partial charge in [-0.05, 0) is 35.9 Å². The first-order chi connectivity index (χ1) is 24.8. The molecular weight excluding hydrogens is 629 g/mol. The third-order valence-electron chi connectivity index (χ3n) is 9.47. The van der Waals surface area contributed by atoms with Crippen LogP contribution in [0.25, 0.3) is 93.0 Å². The molecule has 0 aliphatic rings. The van der Waals surface area contributed by atoms with E-state index in [2.05, 4.69) is 114 Å². The van der Waals surface area contributed by atoms with Crippen molar-refractivity contribution in [1.29, 1.82) is 0 Å². The second-order valence-corrected chi connectivity index (χ2v) is 13.5. The van der Waals surface area contributed by atoms with E-state index in [0.717, 1.165) is 16.7 Å². The number of benzene rings is 7. The lowest BCUT2D eigenvalue weighted by Gasteiger charge is -2.14. The maximum Gasteiger partial charge on any atom is 0.164 e. The minimum atomic E-state index is 0.664. The molecular formula is C45H28N4S. The van der Waals surface area contributed by atoms with Crippen LogP contribution in [-0.4, -0.2) is 19.5 Å².